The van der Waals surface area contributed by atoms with Crippen molar-refractivity contribution in [3.63, 3.8) is 0 Å². The van der Waals surface area contributed by atoms with Gasteiger partial charge in [0.1, 0.15) is 17.7 Å². The maximum Gasteiger partial charge on any atom is 0.188 e. The van der Waals surface area contributed by atoms with E-state index in [0.29, 0.717) is 6.61 Å². The first-order chi connectivity index (χ1) is 14.1. The molecule has 8 heteroatoms. The standard InChI is InChI=1S/C21H26N6OS/c1-15-12-23-21(29-15)25-19-8-4-7-17(24-19)18-14-27(10-11-28-18)13-16-6-5-9-22-20(16)26(2)3/h4-9,12,18H,10-11,13-14H2,1-3H3,(H,23,24,25). The predicted molar refractivity (Wildman–Crippen MR) is 117 cm³/mol. The van der Waals surface area contributed by atoms with E-state index in [0.717, 1.165) is 42.1 Å². The summed E-state index contributed by atoms with van der Waals surface area (Å²) in [6, 6.07) is 10.1. The zero-order valence-corrected chi connectivity index (χ0v) is 17.8. The Morgan fingerprint density at radius 2 is 2.14 bits per heavy atom. The zero-order valence-electron chi connectivity index (χ0n) is 17.0. The number of hydrogen-bond acceptors (Lipinski definition) is 8. The molecule has 4 heterocycles. The molecule has 4 rings (SSSR count). The highest BCUT2D eigenvalue weighted by molar-refractivity contribution is 7.15. The lowest BCUT2D eigenvalue weighted by Crippen LogP contribution is -2.38. The number of nitrogens with one attached hydrogen (secondary N) is 1. The second kappa shape index (κ2) is 8.86. The Morgan fingerprint density at radius 1 is 1.24 bits per heavy atom. The largest absolute Gasteiger partial charge is 0.369 e. The van der Waals surface area contributed by atoms with Crippen LogP contribution in [-0.4, -0.2) is 53.6 Å². The quantitative estimate of drug-likeness (QED) is 0.666. The molecule has 0 aliphatic carbocycles. The van der Waals surface area contributed by atoms with E-state index < -0.39 is 0 Å². The lowest BCUT2D eigenvalue weighted by Gasteiger charge is -2.33. The maximum absolute atomic E-state index is 6.05. The summed E-state index contributed by atoms with van der Waals surface area (Å²) in [5.74, 6) is 1.80. The number of thiazole rings is 1. The van der Waals surface area contributed by atoms with E-state index in [4.69, 9.17) is 9.72 Å². The third kappa shape index (κ3) is 4.90. The Morgan fingerprint density at radius 3 is 2.93 bits per heavy atom. The second-order valence-corrected chi connectivity index (χ2v) is 8.56. The van der Waals surface area contributed by atoms with Crippen molar-refractivity contribution in [3.05, 3.63) is 58.9 Å². The highest BCUT2D eigenvalue weighted by atomic mass is 32.1. The Bertz CT molecular complexity index is 960. The minimum Gasteiger partial charge on any atom is -0.369 e. The molecule has 152 valence electrons. The van der Waals surface area contributed by atoms with E-state index in [2.05, 4.69) is 31.2 Å². The second-order valence-electron chi connectivity index (χ2n) is 7.32. The molecule has 1 atom stereocenters. The third-order valence-corrected chi connectivity index (χ3v) is 5.62. The third-order valence-electron chi connectivity index (χ3n) is 4.79. The van der Waals surface area contributed by atoms with Gasteiger partial charge in [-0.05, 0) is 25.1 Å². The average molecular weight is 411 g/mol. The summed E-state index contributed by atoms with van der Waals surface area (Å²) in [5.41, 5.74) is 2.16. The fourth-order valence-corrected chi connectivity index (χ4v) is 4.12. The van der Waals surface area contributed by atoms with Crippen LogP contribution in [0.25, 0.3) is 0 Å². The molecule has 1 saturated heterocycles. The van der Waals surface area contributed by atoms with Gasteiger partial charge in [0.25, 0.3) is 0 Å². The zero-order chi connectivity index (χ0) is 20.2. The lowest BCUT2D eigenvalue weighted by atomic mass is 10.1. The number of aromatic nitrogens is 3. The minimum absolute atomic E-state index is 0.0528. The molecule has 7 nitrogen and oxygen atoms in total. The average Bonchev–Trinajstić information content (AvgIpc) is 3.13. The molecule has 0 radical (unpaired) electrons. The van der Waals surface area contributed by atoms with Crippen LogP contribution in [0.4, 0.5) is 16.8 Å². The number of anilines is 3. The molecule has 29 heavy (non-hydrogen) atoms. The predicted octanol–water partition coefficient (Wildman–Crippen LogP) is 3.62. The first-order valence-corrected chi connectivity index (χ1v) is 10.5. The molecule has 0 amide bonds. The summed E-state index contributed by atoms with van der Waals surface area (Å²) >= 11 is 1.62. The summed E-state index contributed by atoms with van der Waals surface area (Å²) in [6.07, 6.45) is 3.65. The topological polar surface area (TPSA) is 66.4 Å². The van der Waals surface area contributed by atoms with E-state index in [1.54, 1.807) is 11.3 Å². The summed E-state index contributed by atoms with van der Waals surface area (Å²) in [4.78, 5) is 19.3. The number of pyridine rings is 2. The fraction of sp³-hybridized carbons (Fsp3) is 0.381. The van der Waals surface area contributed by atoms with Crippen LogP contribution in [-0.2, 0) is 11.3 Å². The van der Waals surface area contributed by atoms with E-state index >= 15 is 0 Å². The molecule has 1 unspecified atom stereocenters. The summed E-state index contributed by atoms with van der Waals surface area (Å²) in [6.45, 7) is 5.27. The minimum atomic E-state index is -0.0528. The van der Waals surface area contributed by atoms with Crippen LogP contribution in [0.15, 0.2) is 42.7 Å². The number of nitrogens with zero attached hydrogens (tertiary/aromatic N) is 5. The highest BCUT2D eigenvalue weighted by Gasteiger charge is 2.24. The van der Waals surface area contributed by atoms with Crippen LogP contribution >= 0.6 is 11.3 Å². The Labute approximate surface area is 175 Å². The van der Waals surface area contributed by atoms with Gasteiger partial charge in [-0.25, -0.2) is 15.0 Å². The van der Waals surface area contributed by atoms with Gasteiger partial charge in [-0.15, -0.1) is 11.3 Å². The molecule has 0 bridgehead atoms. The number of rotatable bonds is 6. The molecule has 0 saturated carbocycles. The molecular weight excluding hydrogens is 384 g/mol. The van der Waals surface area contributed by atoms with Crippen molar-refractivity contribution in [1.29, 1.82) is 0 Å². The molecular formula is C21H26N6OS. The molecule has 0 aromatic carbocycles. The smallest absolute Gasteiger partial charge is 0.188 e. The van der Waals surface area contributed by atoms with Crippen molar-refractivity contribution in [2.24, 2.45) is 0 Å². The van der Waals surface area contributed by atoms with Crippen LogP contribution in [0.1, 0.15) is 22.2 Å². The van der Waals surface area contributed by atoms with Crippen molar-refractivity contribution < 1.29 is 4.74 Å². The Kier molecular flexibility index (Phi) is 6.03. The van der Waals surface area contributed by atoms with E-state index in [-0.39, 0.29) is 6.10 Å². The van der Waals surface area contributed by atoms with Crippen LogP contribution in [0.3, 0.4) is 0 Å². The Hall–Kier alpha value is -2.55. The van der Waals surface area contributed by atoms with E-state index in [9.17, 15) is 0 Å². The van der Waals surface area contributed by atoms with Gasteiger partial charge in [0.05, 0.1) is 12.3 Å². The number of aryl methyl sites for hydroxylation is 1. The first-order valence-electron chi connectivity index (χ1n) is 9.70. The number of morpholine rings is 1. The molecule has 1 fully saturated rings. The molecule has 3 aromatic rings. The highest BCUT2D eigenvalue weighted by Crippen LogP contribution is 2.26. The van der Waals surface area contributed by atoms with Gasteiger partial charge in [-0.3, -0.25) is 4.90 Å². The maximum atomic E-state index is 6.05. The van der Waals surface area contributed by atoms with Crippen molar-refractivity contribution in [2.75, 3.05) is 44.0 Å². The molecule has 3 aromatic heterocycles. The summed E-state index contributed by atoms with van der Waals surface area (Å²) in [5, 5.41) is 4.14. The van der Waals surface area contributed by atoms with Gasteiger partial charge in [-0.1, -0.05) is 12.1 Å². The number of ether oxygens (including phenoxy) is 1. The summed E-state index contributed by atoms with van der Waals surface area (Å²) < 4.78 is 6.05. The van der Waals surface area contributed by atoms with Crippen LogP contribution in [0, 0.1) is 6.92 Å². The summed E-state index contributed by atoms with van der Waals surface area (Å²) in [7, 11) is 4.06. The monoisotopic (exact) mass is 410 g/mol. The molecule has 1 N–H and O–H groups in total. The van der Waals surface area contributed by atoms with Gasteiger partial charge in [-0.2, -0.15) is 0 Å². The molecule has 0 spiro atoms. The lowest BCUT2D eigenvalue weighted by molar-refractivity contribution is -0.0349. The normalized spacial score (nSPS) is 17.3. The number of hydrogen-bond donors (Lipinski definition) is 1. The fourth-order valence-electron chi connectivity index (χ4n) is 3.44. The Balaban J connectivity index is 1.45. The van der Waals surface area contributed by atoms with Gasteiger partial charge in [0, 0.05) is 56.6 Å². The van der Waals surface area contributed by atoms with E-state index in [1.165, 1.54) is 10.4 Å². The van der Waals surface area contributed by atoms with Gasteiger partial charge >= 0.3 is 0 Å². The molecule has 1 aliphatic heterocycles. The molecule has 1 aliphatic rings. The van der Waals surface area contributed by atoms with Crippen LogP contribution in [0.2, 0.25) is 0 Å². The first kappa shape index (κ1) is 19.8. The van der Waals surface area contributed by atoms with Gasteiger partial charge in [0.2, 0.25) is 0 Å². The van der Waals surface area contributed by atoms with Gasteiger partial charge in [0.15, 0.2) is 5.13 Å². The van der Waals surface area contributed by atoms with Gasteiger partial charge < -0.3 is 15.0 Å². The van der Waals surface area contributed by atoms with Crippen LogP contribution in [0.5, 0.6) is 0 Å². The SMILES string of the molecule is Cc1cnc(Nc2cccc(C3CN(Cc4cccnc4N(C)C)CCO3)n2)s1. The van der Waals surface area contributed by atoms with Crippen molar-refractivity contribution in [1.82, 2.24) is 19.9 Å². The van der Waals surface area contributed by atoms with Crippen LogP contribution < -0.4 is 10.2 Å². The van der Waals surface area contributed by atoms with E-state index in [1.807, 2.05) is 57.7 Å². The van der Waals surface area contributed by atoms with Crippen molar-refractivity contribution >= 4 is 28.1 Å². The van der Waals surface area contributed by atoms with Crippen molar-refractivity contribution in [2.45, 2.75) is 19.6 Å². The van der Waals surface area contributed by atoms with Crippen molar-refractivity contribution in [3.8, 4) is 0 Å².